The lowest BCUT2D eigenvalue weighted by Gasteiger charge is -1.92. The van der Waals surface area contributed by atoms with E-state index in [1.807, 2.05) is 32.0 Å². The Labute approximate surface area is 82.0 Å². The molecule has 0 atom stereocenters. The van der Waals surface area contributed by atoms with Crippen LogP contribution in [0.4, 0.5) is 0 Å². The van der Waals surface area contributed by atoms with Crippen LogP contribution in [-0.4, -0.2) is 15.1 Å². The van der Waals surface area contributed by atoms with Crippen LogP contribution in [0.25, 0.3) is 11.6 Å². The lowest BCUT2D eigenvalue weighted by molar-refractivity contribution is 0.418. The summed E-state index contributed by atoms with van der Waals surface area (Å²) in [4.78, 5) is 8.37. The summed E-state index contributed by atoms with van der Waals surface area (Å²) in [6, 6.07) is 5.59. The van der Waals surface area contributed by atoms with Gasteiger partial charge in [-0.05, 0) is 12.1 Å². The molecule has 0 N–H and O–H groups in total. The number of aromatic nitrogens is 3. The fraction of sp³-hybridized carbons (Fsp3) is 0.300. The van der Waals surface area contributed by atoms with Gasteiger partial charge in [-0.1, -0.05) is 25.1 Å². The summed E-state index contributed by atoms with van der Waals surface area (Å²) in [7, 11) is 0. The van der Waals surface area contributed by atoms with Crippen molar-refractivity contribution in [3.63, 3.8) is 0 Å². The van der Waals surface area contributed by atoms with Gasteiger partial charge in [0.2, 0.25) is 0 Å². The Kier molecular flexibility index (Phi) is 2.26. The second-order valence-electron chi connectivity index (χ2n) is 3.33. The van der Waals surface area contributed by atoms with Gasteiger partial charge < -0.3 is 4.52 Å². The molecule has 0 aromatic carbocycles. The lowest BCUT2D eigenvalue weighted by Crippen LogP contribution is -1.89. The van der Waals surface area contributed by atoms with Crippen LogP contribution in [-0.2, 0) is 0 Å². The predicted octanol–water partition coefficient (Wildman–Crippen LogP) is 2.25. The number of hydrogen-bond acceptors (Lipinski definition) is 4. The molecule has 0 spiro atoms. The van der Waals surface area contributed by atoms with E-state index in [2.05, 4.69) is 15.1 Å². The van der Waals surface area contributed by atoms with E-state index in [0.717, 1.165) is 0 Å². The number of nitrogens with zero attached hydrogens (tertiary/aromatic N) is 3. The third-order valence-electron chi connectivity index (χ3n) is 1.84. The lowest BCUT2D eigenvalue weighted by atomic mass is 10.2. The summed E-state index contributed by atoms with van der Waals surface area (Å²) >= 11 is 0. The van der Waals surface area contributed by atoms with Crippen LogP contribution in [0.2, 0.25) is 0 Å². The van der Waals surface area contributed by atoms with Gasteiger partial charge in [-0.2, -0.15) is 4.98 Å². The first kappa shape index (κ1) is 8.87. The maximum Gasteiger partial charge on any atom is 0.276 e. The van der Waals surface area contributed by atoms with Gasteiger partial charge in [0.05, 0.1) is 0 Å². The Morgan fingerprint density at radius 1 is 1.29 bits per heavy atom. The van der Waals surface area contributed by atoms with Crippen LogP contribution in [0.5, 0.6) is 0 Å². The highest BCUT2D eigenvalue weighted by molar-refractivity contribution is 5.45. The van der Waals surface area contributed by atoms with Gasteiger partial charge in [-0.15, -0.1) is 0 Å². The molecule has 0 unspecified atom stereocenters. The Balaban J connectivity index is 2.34. The summed E-state index contributed by atoms with van der Waals surface area (Å²) in [5, 5.41) is 3.87. The first-order chi connectivity index (χ1) is 6.77. The van der Waals surface area contributed by atoms with Gasteiger partial charge in [0, 0.05) is 12.1 Å². The second-order valence-corrected chi connectivity index (χ2v) is 3.33. The van der Waals surface area contributed by atoms with Gasteiger partial charge in [0.1, 0.15) is 5.69 Å². The minimum absolute atomic E-state index is 0.274. The Hall–Kier alpha value is -1.71. The Bertz CT molecular complexity index is 408. The molecule has 0 amide bonds. The number of hydrogen-bond donors (Lipinski definition) is 0. The highest BCUT2D eigenvalue weighted by Crippen LogP contribution is 2.16. The average Bonchev–Trinajstić information content (AvgIpc) is 2.68. The van der Waals surface area contributed by atoms with E-state index in [0.29, 0.717) is 17.4 Å². The second kappa shape index (κ2) is 3.57. The predicted molar refractivity (Wildman–Crippen MR) is 51.6 cm³/mol. The van der Waals surface area contributed by atoms with Crippen molar-refractivity contribution < 1.29 is 4.52 Å². The molecule has 0 aliphatic rings. The molecule has 2 aromatic rings. The van der Waals surface area contributed by atoms with Crippen LogP contribution in [0.3, 0.4) is 0 Å². The quantitative estimate of drug-likeness (QED) is 0.727. The molecule has 0 bridgehead atoms. The maximum atomic E-state index is 5.09. The van der Waals surface area contributed by atoms with Gasteiger partial charge in [0.15, 0.2) is 5.82 Å². The fourth-order valence-corrected chi connectivity index (χ4v) is 1.06. The summed E-state index contributed by atoms with van der Waals surface area (Å²) in [6.45, 7) is 4.04. The van der Waals surface area contributed by atoms with Crippen LogP contribution in [0.1, 0.15) is 25.6 Å². The highest BCUT2D eigenvalue weighted by Gasteiger charge is 2.11. The van der Waals surface area contributed by atoms with E-state index < -0.39 is 0 Å². The standard InChI is InChI=1S/C10H11N3O/c1-7(2)9-12-10(14-13-9)8-5-3-4-6-11-8/h3-7H,1-2H3. The number of pyridine rings is 1. The zero-order chi connectivity index (χ0) is 9.97. The summed E-state index contributed by atoms with van der Waals surface area (Å²) in [5.74, 6) is 1.47. The topological polar surface area (TPSA) is 51.8 Å². The monoisotopic (exact) mass is 189 g/mol. The number of rotatable bonds is 2. The van der Waals surface area contributed by atoms with Crippen molar-refractivity contribution in [2.45, 2.75) is 19.8 Å². The molecule has 4 heteroatoms. The van der Waals surface area contributed by atoms with Crippen molar-refractivity contribution in [3.8, 4) is 11.6 Å². The summed E-state index contributed by atoms with van der Waals surface area (Å²) in [5.41, 5.74) is 0.715. The molecule has 72 valence electrons. The molecule has 14 heavy (non-hydrogen) atoms. The maximum absolute atomic E-state index is 5.09. The van der Waals surface area contributed by atoms with E-state index >= 15 is 0 Å². The summed E-state index contributed by atoms with van der Waals surface area (Å²) < 4.78 is 5.09. The molecule has 2 aromatic heterocycles. The molecule has 2 heterocycles. The minimum Gasteiger partial charge on any atom is -0.332 e. The van der Waals surface area contributed by atoms with E-state index in [1.165, 1.54) is 0 Å². The molecule has 0 radical (unpaired) electrons. The summed E-state index contributed by atoms with van der Waals surface area (Å²) in [6.07, 6.45) is 1.70. The first-order valence-corrected chi connectivity index (χ1v) is 4.52. The van der Waals surface area contributed by atoms with Crippen molar-refractivity contribution in [3.05, 3.63) is 30.2 Å². The molecule has 2 rings (SSSR count). The molecule has 0 aliphatic carbocycles. The normalized spacial score (nSPS) is 10.8. The van der Waals surface area contributed by atoms with Crippen LogP contribution < -0.4 is 0 Å². The largest absolute Gasteiger partial charge is 0.332 e. The average molecular weight is 189 g/mol. The van der Waals surface area contributed by atoms with Crippen LogP contribution in [0, 0.1) is 0 Å². The Morgan fingerprint density at radius 2 is 2.14 bits per heavy atom. The smallest absolute Gasteiger partial charge is 0.276 e. The van der Waals surface area contributed by atoms with Gasteiger partial charge in [-0.25, -0.2) is 0 Å². The molecular formula is C10H11N3O. The van der Waals surface area contributed by atoms with Crippen molar-refractivity contribution in [2.75, 3.05) is 0 Å². The highest BCUT2D eigenvalue weighted by atomic mass is 16.5. The van der Waals surface area contributed by atoms with E-state index in [9.17, 15) is 0 Å². The van der Waals surface area contributed by atoms with Crippen molar-refractivity contribution in [1.82, 2.24) is 15.1 Å². The zero-order valence-corrected chi connectivity index (χ0v) is 8.14. The third-order valence-corrected chi connectivity index (χ3v) is 1.84. The van der Waals surface area contributed by atoms with Gasteiger partial charge in [0.25, 0.3) is 5.89 Å². The molecule has 0 fully saturated rings. The molecule has 0 saturated heterocycles. The van der Waals surface area contributed by atoms with Crippen molar-refractivity contribution in [2.24, 2.45) is 0 Å². The van der Waals surface area contributed by atoms with E-state index in [1.54, 1.807) is 6.20 Å². The van der Waals surface area contributed by atoms with Gasteiger partial charge in [-0.3, -0.25) is 4.98 Å². The molecule has 0 saturated carbocycles. The molecule has 4 nitrogen and oxygen atoms in total. The van der Waals surface area contributed by atoms with Crippen LogP contribution >= 0.6 is 0 Å². The van der Waals surface area contributed by atoms with E-state index in [-0.39, 0.29) is 5.92 Å². The fourth-order valence-electron chi connectivity index (χ4n) is 1.06. The van der Waals surface area contributed by atoms with Crippen molar-refractivity contribution in [1.29, 1.82) is 0 Å². The molecule has 0 aliphatic heterocycles. The molecular weight excluding hydrogens is 178 g/mol. The third kappa shape index (κ3) is 1.64. The van der Waals surface area contributed by atoms with Gasteiger partial charge >= 0.3 is 0 Å². The SMILES string of the molecule is CC(C)c1noc(-c2ccccn2)n1. The van der Waals surface area contributed by atoms with Crippen LogP contribution in [0.15, 0.2) is 28.9 Å². The Morgan fingerprint density at radius 3 is 2.71 bits per heavy atom. The minimum atomic E-state index is 0.274. The van der Waals surface area contributed by atoms with Crippen molar-refractivity contribution >= 4 is 0 Å². The van der Waals surface area contributed by atoms with E-state index in [4.69, 9.17) is 4.52 Å². The zero-order valence-electron chi connectivity index (χ0n) is 8.14. The first-order valence-electron chi connectivity index (χ1n) is 4.52.